The maximum absolute atomic E-state index is 14.6. The van der Waals surface area contributed by atoms with E-state index in [0.29, 0.717) is 82.0 Å². The minimum Gasteiger partial charge on any atom is -0.495 e. The van der Waals surface area contributed by atoms with Crippen molar-refractivity contribution in [3.05, 3.63) is 96.3 Å². The van der Waals surface area contributed by atoms with E-state index in [4.69, 9.17) is 9.47 Å². The highest BCUT2D eigenvalue weighted by atomic mass is 32.2. The molecule has 2 aromatic heterocycles. The number of ether oxygens (including phenoxy) is 2. The summed E-state index contributed by atoms with van der Waals surface area (Å²) in [4.78, 5) is 2.09. The van der Waals surface area contributed by atoms with Gasteiger partial charge in [-0.25, -0.2) is 25.6 Å². The van der Waals surface area contributed by atoms with Gasteiger partial charge in [0.05, 0.1) is 83.0 Å². The van der Waals surface area contributed by atoms with Crippen molar-refractivity contribution in [1.82, 2.24) is 19.4 Å². The van der Waals surface area contributed by atoms with Crippen LogP contribution < -0.4 is 36.1 Å². The molecule has 6 aromatic rings. The Morgan fingerprint density at radius 2 is 1.09 bits per heavy atom. The molecule has 0 aliphatic carbocycles. The normalized spacial score (nSPS) is 18.2. The van der Waals surface area contributed by atoms with Crippen molar-refractivity contribution in [3.63, 3.8) is 0 Å². The molecule has 414 valence electrons. The van der Waals surface area contributed by atoms with Gasteiger partial charge in [-0.15, -0.1) is 0 Å². The van der Waals surface area contributed by atoms with Crippen LogP contribution in [0.15, 0.2) is 94.7 Å². The second-order valence-electron chi connectivity index (χ2n) is 18.6. The molecule has 8 rings (SSSR count). The van der Waals surface area contributed by atoms with Crippen molar-refractivity contribution in [1.29, 1.82) is 0 Å². The van der Waals surface area contributed by atoms with Crippen molar-refractivity contribution in [2.75, 3.05) is 94.3 Å². The Labute approximate surface area is 441 Å². The minimum absolute atomic E-state index is 0.0613. The molecule has 24 heteroatoms. The predicted molar refractivity (Wildman–Crippen MR) is 283 cm³/mol. The molecule has 0 spiro atoms. The van der Waals surface area contributed by atoms with Gasteiger partial charge in [0.15, 0.2) is 19.7 Å². The number of hydrogen-bond acceptors (Lipinski definition) is 12. The fourth-order valence-electron chi connectivity index (χ4n) is 8.97. The van der Waals surface area contributed by atoms with Gasteiger partial charge in [-0.2, -0.15) is 26.3 Å². The maximum atomic E-state index is 14.6. The Kier molecular flexibility index (Phi) is 18.2. The number of nitrogens with one attached hydrogen (secondary N) is 5. The van der Waals surface area contributed by atoms with E-state index in [2.05, 4.69) is 50.3 Å². The molecule has 0 amide bonds. The zero-order valence-corrected chi connectivity index (χ0v) is 44.2. The second-order valence-corrected chi connectivity index (χ2v) is 22.6. The highest BCUT2D eigenvalue weighted by molar-refractivity contribution is 7.91. The van der Waals surface area contributed by atoms with Crippen LogP contribution in [0.5, 0.6) is 11.5 Å². The van der Waals surface area contributed by atoms with Gasteiger partial charge in [-0.3, -0.25) is 0 Å². The van der Waals surface area contributed by atoms with Gasteiger partial charge >= 0.3 is 12.4 Å². The van der Waals surface area contributed by atoms with Gasteiger partial charge in [0, 0.05) is 66.4 Å². The average molecular weight is 1120 g/mol. The van der Waals surface area contributed by atoms with Gasteiger partial charge < -0.3 is 50.1 Å². The van der Waals surface area contributed by atoms with Crippen LogP contribution in [0.25, 0.3) is 21.8 Å². The van der Waals surface area contributed by atoms with Crippen molar-refractivity contribution >= 4 is 64.2 Å². The van der Waals surface area contributed by atoms with E-state index >= 15 is 0 Å². The largest absolute Gasteiger partial charge is 0.495 e. The molecule has 0 bridgehead atoms. The molecule has 5 N–H and O–H groups in total. The fraction of sp³-hybridized carbons (Fsp3) is 0.396. The fourth-order valence-corrected chi connectivity index (χ4v) is 10.2. The monoisotopic (exact) mass is 1120 g/mol. The zero-order chi connectivity index (χ0) is 55.9. The average Bonchev–Trinajstić information content (AvgIpc) is 3.92. The van der Waals surface area contributed by atoms with E-state index in [1.807, 2.05) is 11.9 Å². The van der Waals surface area contributed by atoms with Gasteiger partial charge in [0.2, 0.25) is 0 Å². The van der Waals surface area contributed by atoms with Crippen molar-refractivity contribution < 1.29 is 61.4 Å². The van der Waals surface area contributed by atoms with Crippen molar-refractivity contribution in [2.24, 2.45) is 0 Å². The standard InChI is InChI=1S/C27H30F4N4O3S.C26H28F4N4O3S/c1-34-13-11-23(21(28)16-34)33-22-7-4-8-25-20(22)14-18(35(25)17-27(29,30)31)6-5-12-32-24-10-9-19(39(3,36)37)15-26(24)38-2;1-37-25-14-18(38(2,35)36)8-9-23(25)32-11-4-5-17-13-19-21(33-22-10-12-31-15-20(22)27)6-3-7-24(19)34(17)16-26(28,29)30/h4,7-10,14-15,21,23,32-33H,11-13,16-17H2,1-3H3;3,6-9,13-14,20,22,31-33H,10-12,15-16H2,1-2H3/t21-,23+;20-,22+/m11/s1. The Hall–Kier alpha value is -6.86. The third-order valence-corrected chi connectivity index (χ3v) is 15.0. The maximum Gasteiger partial charge on any atom is 0.406 e. The van der Waals surface area contributed by atoms with Crippen LogP contribution in [-0.4, -0.2) is 141 Å². The van der Waals surface area contributed by atoms with E-state index in [0.717, 1.165) is 21.6 Å². The molecule has 2 aliphatic rings. The van der Waals surface area contributed by atoms with Gasteiger partial charge in [0.1, 0.15) is 36.9 Å². The Bertz CT molecular complexity index is 3440. The number of methoxy groups -OCH3 is 2. The quantitative estimate of drug-likeness (QED) is 0.0523. The smallest absolute Gasteiger partial charge is 0.406 e. The highest BCUT2D eigenvalue weighted by Crippen LogP contribution is 2.34. The topological polar surface area (TPSA) is 160 Å². The van der Waals surface area contributed by atoms with Gasteiger partial charge in [-0.05, 0) is 98.9 Å². The molecule has 4 atom stereocenters. The van der Waals surface area contributed by atoms with E-state index < -0.39 is 69.5 Å². The minimum atomic E-state index is -4.48. The number of sulfone groups is 2. The summed E-state index contributed by atoms with van der Waals surface area (Å²) in [5.74, 6) is 11.9. The Morgan fingerprint density at radius 1 is 0.636 bits per heavy atom. The molecule has 0 radical (unpaired) electrons. The summed E-state index contributed by atoms with van der Waals surface area (Å²) < 4.78 is 170. The molecule has 2 saturated heterocycles. The lowest BCUT2D eigenvalue weighted by molar-refractivity contribution is -0.140. The number of fused-ring (bicyclic) bond motifs is 2. The lowest BCUT2D eigenvalue weighted by Crippen LogP contribution is -2.46. The molecule has 4 heterocycles. The van der Waals surface area contributed by atoms with Crippen LogP contribution in [0.4, 0.5) is 57.9 Å². The Morgan fingerprint density at radius 3 is 1.49 bits per heavy atom. The van der Waals surface area contributed by atoms with Crippen LogP contribution in [0, 0.1) is 23.7 Å². The first-order valence-electron chi connectivity index (χ1n) is 24.1. The number of aromatic nitrogens is 2. The van der Waals surface area contributed by atoms with Gasteiger partial charge in [-0.1, -0.05) is 24.0 Å². The summed E-state index contributed by atoms with van der Waals surface area (Å²) >= 11 is 0. The number of alkyl halides is 8. The number of benzene rings is 4. The number of anilines is 4. The number of piperidine rings is 2. The summed E-state index contributed by atoms with van der Waals surface area (Å²) in [6, 6.07) is 20.9. The van der Waals surface area contributed by atoms with E-state index in [1.165, 1.54) is 50.6 Å². The van der Waals surface area contributed by atoms with E-state index in [9.17, 15) is 52.0 Å². The summed E-state index contributed by atoms with van der Waals surface area (Å²) in [6.07, 6.45) is -7.88. The number of hydrogen-bond donors (Lipinski definition) is 5. The first kappa shape index (κ1) is 57.8. The summed E-state index contributed by atoms with van der Waals surface area (Å²) in [5.41, 5.74) is 3.09. The lowest BCUT2D eigenvalue weighted by atomic mass is 10.0. The first-order chi connectivity index (χ1) is 36.3. The SMILES string of the molecule is COc1cc(S(C)(=O)=O)ccc1NCC#Cc1cc2c(N[C@H]3CCN(C)C[C@H]3F)cccc2n1CC(F)(F)F.COc1cc(S(C)(=O)=O)ccc1NCC#Cc1cc2c(N[C@H]3CCNC[C@H]3F)cccc2n1CC(F)(F)F. The second kappa shape index (κ2) is 24.2. The van der Waals surface area contributed by atoms with Crippen molar-refractivity contribution in [2.45, 2.75) is 72.5 Å². The number of rotatable bonds is 14. The van der Waals surface area contributed by atoms with Crippen LogP contribution in [0.2, 0.25) is 0 Å². The molecular formula is C53H58F8N8O6S2. The first-order valence-corrected chi connectivity index (χ1v) is 27.9. The van der Waals surface area contributed by atoms with E-state index in [1.54, 1.807) is 48.5 Å². The predicted octanol–water partition coefficient (Wildman–Crippen LogP) is 8.72. The molecular weight excluding hydrogens is 1060 g/mol. The number of likely N-dealkylation sites (tertiary alicyclic amines) is 1. The van der Waals surface area contributed by atoms with Crippen LogP contribution in [0.1, 0.15) is 24.2 Å². The lowest BCUT2D eigenvalue weighted by Gasteiger charge is -2.33. The summed E-state index contributed by atoms with van der Waals surface area (Å²) in [6.45, 7) is -0.459. The highest BCUT2D eigenvalue weighted by Gasteiger charge is 2.33. The molecule has 0 unspecified atom stereocenters. The summed E-state index contributed by atoms with van der Waals surface area (Å²) in [5, 5.41) is 16.4. The van der Waals surface area contributed by atoms with Crippen LogP contribution >= 0.6 is 0 Å². The van der Waals surface area contributed by atoms with Gasteiger partial charge in [0.25, 0.3) is 0 Å². The van der Waals surface area contributed by atoms with Crippen LogP contribution in [-0.2, 0) is 32.8 Å². The third kappa shape index (κ3) is 15.2. The van der Waals surface area contributed by atoms with Crippen molar-refractivity contribution in [3.8, 4) is 35.2 Å². The van der Waals surface area contributed by atoms with E-state index in [-0.39, 0.29) is 47.4 Å². The molecule has 77 heavy (non-hydrogen) atoms. The molecule has 2 aliphatic heterocycles. The third-order valence-electron chi connectivity index (χ3n) is 12.8. The zero-order valence-electron chi connectivity index (χ0n) is 42.6. The summed E-state index contributed by atoms with van der Waals surface area (Å²) in [7, 11) is -2.20. The number of halogens is 8. The molecule has 14 nitrogen and oxygen atoms in total. The molecule has 2 fully saturated rings. The number of nitrogens with zero attached hydrogens (tertiary/aromatic N) is 3. The molecule has 4 aromatic carbocycles. The molecule has 0 saturated carbocycles. The Balaban J connectivity index is 0.000000224. The van der Waals surface area contributed by atoms with Crippen LogP contribution in [0.3, 0.4) is 0 Å².